The highest BCUT2D eigenvalue weighted by Gasteiger charge is 2.38. The Balaban J connectivity index is 1.54. The number of carbonyl (C=O) groups is 3. The minimum Gasteiger partial charge on any atom is -0.447 e. The van der Waals surface area contributed by atoms with E-state index in [9.17, 15) is 14.4 Å². The third-order valence-corrected chi connectivity index (χ3v) is 5.93. The maximum Gasteiger partial charge on any atom is 0.415 e. The fourth-order valence-corrected chi connectivity index (χ4v) is 4.05. The predicted octanol–water partition coefficient (Wildman–Crippen LogP) is 4.40. The number of hydrogen-bond donors (Lipinski definition) is 0. The Bertz CT molecular complexity index is 1160. The summed E-state index contributed by atoms with van der Waals surface area (Å²) in [7, 11) is 0. The van der Waals surface area contributed by atoms with Gasteiger partial charge in [-0.2, -0.15) is 0 Å². The molecule has 4 rings (SSSR count). The lowest BCUT2D eigenvalue weighted by molar-refractivity contribution is -0.117. The van der Waals surface area contributed by atoms with Crippen LogP contribution in [0.4, 0.5) is 25.5 Å². The molecule has 2 aliphatic heterocycles. The summed E-state index contributed by atoms with van der Waals surface area (Å²) in [6.07, 6.45) is 2.70. The Labute approximate surface area is 220 Å². The van der Waals surface area contributed by atoms with Gasteiger partial charge in [-0.1, -0.05) is 46.0 Å². The standard InChI is InChI=1S/C22H20Cl3FN4O6/c23-22(24,25)12-35-20(32)29(19-5-8-36-27-19)10-16-11-34-21(33)30(16)15-1-2-17(18(26)9-15)14-3-6-28(13-31)7-4-14/h1-3,5,8-9,13,16H,4,6-7,10-12H2. The van der Waals surface area contributed by atoms with Gasteiger partial charge in [0.1, 0.15) is 25.3 Å². The molecule has 0 bridgehead atoms. The van der Waals surface area contributed by atoms with E-state index in [2.05, 4.69) is 5.16 Å². The first-order valence-corrected chi connectivity index (χ1v) is 11.9. The molecule has 0 saturated carbocycles. The summed E-state index contributed by atoms with van der Waals surface area (Å²) in [5, 5.41) is 3.75. The van der Waals surface area contributed by atoms with E-state index in [1.54, 1.807) is 23.1 Å². The van der Waals surface area contributed by atoms with Crippen molar-refractivity contribution in [3.63, 3.8) is 0 Å². The molecule has 14 heteroatoms. The van der Waals surface area contributed by atoms with E-state index in [0.29, 0.717) is 25.1 Å². The van der Waals surface area contributed by atoms with Gasteiger partial charge in [0.05, 0.1) is 18.3 Å². The average Bonchev–Trinajstić information content (AvgIpc) is 3.50. The van der Waals surface area contributed by atoms with Crippen molar-refractivity contribution in [3.05, 3.63) is 48.0 Å². The predicted molar refractivity (Wildman–Crippen MR) is 130 cm³/mol. The maximum atomic E-state index is 15.1. The molecule has 2 aromatic rings. The highest BCUT2D eigenvalue weighted by molar-refractivity contribution is 6.67. The van der Waals surface area contributed by atoms with Crippen LogP contribution in [0.5, 0.6) is 0 Å². The van der Waals surface area contributed by atoms with E-state index in [1.165, 1.54) is 23.3 Å². The van der Waals surface area contributed by atoms with E-state index in [-0.39, 0.29) is 24.7 Å². The van der Waals surface area contributed by atoms with Crippen molar-refractivity contribution >= 4 is 70.5 Å². The van der Waals surface area contributed by atoms with Gasteiger partial charge < -0.3 is 18.9 Å². The van der Waals surface area contributed by atoms with Crippen LogP contribution in [0.3, 0.4) is 0 Å². The molecular formula is C22H20Cl3FN4O6. The van der Waals surface area contributed by atoms with Gasteiger partial charge in [-0.15, -0.1) is 0 Å². The Morgan fingerprint density at radius 2 is 2.14 bits per heavy atom. The third kappa shape index (κ3) is 6.03. The number of benzene rings is 1. The second kappa shape index (κ2) is 10.9. The second-order valence-electron chi connectivity index (χ2n) is 7.98. The van der Waals surface area contributed by atoms with Gasteiger partial charge in [0.25, 0.3) is 0 Å². The van der Waals surface area contributed by atoms with E-state index in [1.807, 2.05) is 0 Å². The van der Waals surface area contributed by atoms with Crippen LogP contribution in [0.2, 0.25) is 0 Å². The SMILES string of the molecule is O=CN1CC=C(c2ccc(N3C(=O)OCC3CN(C(=O)OCC(Cl)(Cl)Cl)c3ccon3)cc2F)CC1. The molecule has 1 saturated heterocycles. The number of aromatic nitrogens is 1. The zero-order chi connectivity index (χ0) is 25.9. The molecule has 1 atom stereocenters. The number of rotatable bonds is 7. The molecular weight excluding hydrogens is 542 g/mol. The molecule has 0 spiro atoms. The quantitative estimate of drug-likeness (QED) is 0.364. The molecule has 3 amide bonds. The van der Waals surface area contributed by atoms with Crippen LogP contribution in [0.15, 0.2) is 41.1 Å². The third-order valence-electron chi connectivity index (χ3n) is 5.60. The Kier molecular flexibility index (Phi) is 7.91. The summed E-state index contributed by atoms with van der Waals surface area (Å²) < 4.78 is 28.3. The molecule has 2 aliphatic rings. The number of anilines is 2. The van der Waals surface area contributed by atoms with Crippen LogP contribution in [0, 0.1) is 5.82 Å². The van der Waals surface area contributed by atoms with E-state index >= 15 is 4.39 Å². The van der Waals surface area contributed by atoms with Crippen LogP contribution in [-0.2, 0) is 14.3 Å². The summed E-state index contributed by atoms with van der Waals surface area (Å²) in [5.74, 6) is -0.439. The smallest absolute Gasteiger partial charge is 0.415 e. The minimum atomic E-state index is -1.83. The fraction of sp³-hybridized carbons (Fsp3) is 0.364. The molecule has 10 nitrogen and oxygen atoms in total. The van der Waals surface area contributed by atoms with E-state index in [0.717, 1.165) is 16.9 Å². The summed E-state index contributed by atoms with van der Waals surface area (Å²) in [4.78, 5) is 40.1. The number of hydrogen-bond acceptors (Lipinski definition) is 7. The normalized spacial score (nSPS) is 18.1. The van der Waals surface area contributed by atoms with Gasteiger partial charge in [-0.05, 0) is 30.2 Å². The molecule has 1 aromatic carbocycles. The molecule has 0 aliphatic carbocycles. The summed E-state index contributed by atoms with van der Waals surface area (Å²) in [6, 6.07) is 5.09. The van der Waals surface area contributed by atoms with Crippen LogP contribution < -0.4 is 9.80 Å². The van der Waals surface area contributed by atoms with Crippen LogP contribution >= 0.6 is 34.8 Å². The van der Waals surface area contributed by atoms with Crippen molar-refractivity contribution < 1.29 is 32.8 Å². The Morgan fingerprint density at radius 3 is 2.75 bits per heavy atom. The zero-order valence-electron chi connectivity index (χ0n) is 18.6. The number of nitrogens with zero attached hydrogens (tertiary/aromatic N) is 4. The fourth-order valence-electron chi connectivity index (χ4n) is 3.89. The van der Waals surface area contributed by atoms with Gasteiger partial charge in [0, 0.05) is 24.7 Å². The van der Waals surface area contributed by atoms with Crippen molar-refractivity contribution in [1.29, 1.82) is 0 Å². The molecule has 3 heterocycles. The summed E-state index contributed by atoms with van der Waals surface area (Å²) in [5.41, 5.74) is 1.39. The van der Waals surface area contributed by atoms with Gasteiger partial charge in [-0.3, -0.25) is 14.6 Å². The van der Waals surface area contributed by atoms with Gasteiger partial charge in [-0.25, -0.2) is 14.0 Å². The van der Waals surface area contributed by atoms with Crippen molar-refractivity contribution in [3.8, 4) is 0 Å². The van der Waals surface area contributed by atoms with Crippen LogP contribution in [0.1, 0.15) is 12.0 Å². The van der Waals surface area contributed by atoms with Crippen molar-refractivity contribution in [2.24, 2.45) is 0 Å². The average molecular weight is 562 g/mol. The van der Waals surface area contributed by atoms with Gasteiger partial charge in [0.15, 0.2) is 5.82 Å². The molecule has 1 aromatic heterocycles. The van der Waals surface area contributed by atoms with Crippen molar-refractivity contribution in [2.45, 2.75) is 16.3 Å². The highest BCUT2D eigenvalue weighted by Crippen LogP contribution is 2.31. The number of ether oxygens (including phenoxy) is 2. The minimum absolute atomic E-state index is 0.0824. The molecule has 1 unspecified atom stereocenters. The largest absolute Gasteiger partial charge is 0.447 e. The first kappa shape index (κ1) is 26.1. The maximum absolute atomic E-state index is 15.1. The molecule has 1 fully saturated rings. The van der Waals surface area contributed by atoms with Crippen molar-refractivity contribution in [1.82, 2.24) is 10.1 Å². The monoisotopic (exact) mass is 560 g/mol. The number of carbonyl (C=O) groups excluding carboxylic acids is 3. The second-order valence-corrected chi connectivity index (χ2v) is 10.5. The lowest BCUT2D eigenvalue weighted by Crippen LogP contribution is -2.46. The number of alkyl halides is 3. The molecule has 36 heavy (non-hydrogen) atoms. The van der Waals surface area contributed by atoms with Crippen LogP contribution in [0.25, 0.3) is 5.57 Å². The molecule has 0 radical (unpaired) electrons. The zero-order valence-corrected chi connectivity index (χ0v) is 20.9. The first-order valence-electron chi connectivity index (χ1n) is 10.7. The van der Waals surface area contributed by atoms with E-state index < -0.39 is 34.4 Å². The Morgan fingerprint density at radius 1 is 1.33 bits per heavy atom. The Hall–Kier alpha value is -3.02. The van der Waals surface area contributed by atoms with Crippen molar-refractivity contribution in [2.75, 3.05) is 42.6 Å². The van der Waals surface area contributed by atoms with E-state index in [4.69, 9.17) is 48.8 Å². The van der Waals surface area contributed by atoms with Gasteiger partial charge >= 0.3 is 12.2 Å². The molecule has 0 N–H and O–H groups in total. The molecule has 192 valence electrons. The highest BCUT2D eigenvalue weighted by atomic mass is 35.6. The first-order chi connectivity index (χ1) is 17.2. The number of halogens is 4. The van der Waals surface area contributed by atoms with Crippen LogP contribution in [-0.4, -0.2) is 71.3 Å². The lowest BCUT2D eigenvalue weighted by Gasteiger charge is -2.27. The lowest BCUT2D eigenvalue weighted by atomic mass is 9.98. The number of amides is 3. The summed E-state index contributed by atoms with van der Waals surface area (Å²) >= 11 is 17.0. The van der Waals surface area contributed by atoms with Gasteiger partial charge in [0.2, 0.25) is 10.2 Å². The topological polar surface area (TPSA) is 105 Å². The summed E-state index contributed by atoms with van der Waals surface area (Å²) in [6.45, 7) is 0.145. The number of cyclic esters (lactones) is 1.